The van der Waals surface area contributed by atoms with Crippen LogP contribution in [-0.2, 0) is 13.2 Å². The minimum Gasteiger partial charge on any atom is -0.495 e. The Kier molecular flexibility index (Phi) is 8.61. The van der Waals surface area contributed by atoms with E-state index in [4.69, 9.17) is 49.0 Å². The van der Waals surface area contributed by atoms with Crippen molar-refractivity contribution in [3.8, 4) is 17.2 Å². The fourth-order valence-corrected chi connectivity index (χ4v) is 4.29. The number of hydrogen-bond acceptors (Lipinski definition) is 4. The molecule has 0 unspecified atom stereocenters. The molecule has 0 aliphatic heterocycles. The average Bonchev–Trinajstić information content (AvgIpc) is 2.73. The van der Waals surface area contributed by atoms with Crippen LogP contribution < -0.4 is 19.5 Å². The first-order valence-corrected chi connectivity index (χ1v) is 11.4. The van der Waals surface area contributed by atoms with Crippen molar-refractivity contribution in [3.05, 3.63) is 79.2 Å². The van der Waals surface area contributed by atoms with Crippen LogP contribution in [0.5, 0.6) is 17.2 Å². The summed E-state index contributed by atoms with van der Waals surface area (Å²) in [6.07, 6.45) is 0. The van der Waals surface area contributed by atoms with Crippen LogP contribution in [0.15, 0.2) is 53.0 Å². The summed E-state index contributed by atoms with van der Waals surface area (Å²) in [6.45, 7) is 3.21. The van der Waals surface area contributed by atoms with Gasteiger partial charge in [0.05, 0.1) is 23.2 Å². The van der Waals surface area contributed by atoms with E-state index in [0.717, 1.165) is 21.3 Å². The predicted octanol–water partition coefficient (Wildman–Crippen LogP) is 8.01. The molecule has 0 aromatic heterocycles. The molecular formula is C23H21BrCl3NO3. The van der Waals surface area contributed by atoms with Crippen molar-refractivity contribution in [3.63, 3.8) is 0 Å². The lowest BCUT2D eigenvalue weighted by molar-refractivity contribution is 0.267. The first-order chi connectivity index (χ1) is 14.9. The van der Waals surface area contributed by atoms with E-state index in [1.807, 2.05) is 37.3 Å². The van der Waals surface area contributed by atoms with Gasteiger partial charge in [-0.2, -0.15) is 0 Å². The molecule has 8 heteroatoms. The monoisotopic (exact) mass is 543 g/mol. The maximum Gasteiger partial charge on any atom is 0.175 e. The summed E-state index contributed by atoms with van der Waals surface area (Å²) in [7, 11) is 1.59. The van der Waals surface area contributed by atoms with Crippen molar-refractivity contribution >= 4 is 56.4 Å². The van der Waals surface area contributed by atoms with Gasteiger partial charge < -0.3 is 19.5 Å². The summed E-state index contributed by atoms with van der Waals surface area (Å²) in [6, 6.07) is 14.8. The van der Waals surface area contributed by atoms with Crippen molar-refractivity contribution in [2.24, 2.45) is 0 Å². The zero-order valence-electron chi connectivity index (χ0n) is 17.0. The van der Waals surface area contributed by atoms with Gasteiger partial charge in [-0.25, -0.2) is 0 Å². The molecule has 0 atom stereocenters. The van der Waals surface area contributed by atoms with Crippen molar-refractivity contribution < 1.29 is 14.2 Å². The van der Waals surface area contributed by atoms with Crippen LogP contribution in [-0.4, -0.2) is 13.7 Å². The van der Waals surface area contributed by atoms with Crippen molar-refractivity contribution in [2.75, 3.05) is 19.0 Å². The number of ether oxygens (including phenoxy) is 3. The fourth-order valence-electron chi connectivity index (χ4n) is 2.92. The number of nitrogens with one attached hydrogen (secondary N) is 1. The Morgan fingerprint density at radius 2 is 1.65 bits per heavy atom. The molecule has 0 fully saturated rings. The Labute approximate surface area is 205 Å². The zero-order chi connectivity index (χ0) is 22.4. The molecule has 0 heterocycles. The van der Waals surface area contributed by atoms with E-state index in [1.54, 1.807) is 25.3 Å². The number of hydrogen-bond donors (Lipinski definition) is 1. The minimum absolute atomic E-state index is 0.221. The molecule has 0 bridgehead atoms. The van der Waals surface area contributed by atoms with E-state index in [-0.39, 0.29) is 6.61 Å². The third-order valence-electron chi connectivity index (χ3n) is 4.44. The second-order valence-electron chi connectivity index (χ2n) is 6.53. The molecule has 3 rings (SSSR count). The molecule has 0 radical (unpaired) electrons. The largest absolute Gasteiger partial charge is 0.495 e. The standard InChI is InChI=1S/C23H21BrCl3NO3/c1-3-30-22-10-14(12-28-15-7-8-21(29-2)20(27)11-15)9-17(24)23(22)31-13-16-18(25)5-4-6-19(16)26/h4-11,28H,3,12-13H2,1-2H3. The highest BCUT2D eigenvalue weighted by atomic mass is 79.9. The number of benzene rings is 3. The second kappa shape index (κ2) is 11.2. The van der Waals surface area contributed by atoms with Crippen LogP contribution in [0.2, 0.25) is 15.1 Å². The number of anilines is 1. The Morgan fingerprint density at radius 3 is 2.29 bits per heavy atom. The highest BCUT2D eigenvalue weighted by Crippen LogP contribution is 2.38. The maximum absolute atomic E-state index is 6.26. The first-order valence-electron chi connectivity index (χ1n) is 9.51. The lowest BCUT2D eigenvalue weighted by Crippen LogP contribution is -2.04. The van der Waals surface area contributed by atoms with Crippen LogP contribution >= 0.6 is 50.7 Å². The average molecular weight is 546 g/mol. The van der Waals surface area contributed by atoms with Gasteiger partial charge in [0.25, 0.3) is 0 Å². The van der Waals surface area contributed by atoms with Gasteiger partial charge in [-0.15, -0.1) is 0 Å². The Bertz CT molecular complexity index is 1040. The molecule has 0 saturated carbocycles. The Balaban J connectivity index is 1.77. The van der Waals surface area contributed by atoms with Gasteiger partial charge in [0.15, 0.2) is 11.5 Å². The molecule has 0 amide bonds. The third kappa shape index (κ3) is 6.13. The highest BCUT2D eigenvalue weighted by molar-refractivity contribution is 9.10. The van der Waals surface area contributed by atoms with Crippen LogP contribution in [0.4, 0.5) is 5.69 Å². The van der Waals surface area contributed by atoms with Crippen LogP contribution in [0.1, 0.15) is 18.1 Å². The van der Waals surface area contributed by atoms with Gasteiger partial charge >= 0.3 is 0 Å². The zero-order valence-corrected chi connectivity index (χ0v) is 20.8. The molecule has 0 aliphatic rings. The molecule has 0 spiro atoms. The number of methoxy groups -OCH3 is 1. The quantitative estimate of drug-likeness (QED) is 0.296. The molecule has 164 valence electrons. The third-order valence-corrected chi connectivity index (χ3v) is 6.03. The van der Waals surface area contributed by atoms with Crippen LogP contribution in [0.25, 0.3) is 0 Å². The lowest BCUT2D eigenvalue weighted by Gasteiger charge is -2.17. The van der Waals surface area contributed by atoms with E-state index >= 15 is 0 Å². The number of rotatable bonds is 9. The van der Waals surface area contributed by atoms with Gasteiger partial charge in [-0.1, -0.05) is 40.9 Å². The SMILES string of the molecule is CCOc1cc(CNc2ccc(OC)c(Cl)c2)cc(Br)c1OCc1c(Cl)cccc1Cl. The van der Waals surface area contributed by atoms with E-state index in [9.17, 15) is 0 Å². The molecule has 31 heavy (non-hydrogen) atoms. The summed E-state index contributed by atoms with van der Waals surface area (Å²) in [5, 5.41) is 5.01. The summed E-state index contributed by atoms with van der Waals surface area (Å²) in [5.74, 6) is 1.85. The lowest BCUT2D eigenvalue weighted by atomic mass is 10.2. The molecule has 3 aromatic carbocycles. The van der Waals surface area contributed by atoms with Gasteiger partial charge in [-0.3, -0.25) is 0 Å². The van der Waals surface area contributed by atoms with E-state index in [2.05, 4.69) is 21.2 Å². The van der Waals surface area contributed by atoms with Crippen LogP contribution in [0, 0.1) is 0 Å². The Morgan fingerprint density at radius 1 is 0.903 bits per heavy atom. The van der Waals surface area contributed by atoms with E-state index in [1.165, 1.54) is 0 Å². The van der Waals surface area contributed by atoms with Crippen LogP contribution in [0.3, 0.4) is 0 Å². The second-order valence-corrected chi connectivity index (χ2v) is 8.61. The van der Waals surface area contributed by atoms with E-state index < -0.39 is 0 Å². The predicted molar refractivity (Wildman–Crippen MR) is 131 cm³/mol. The van der Waals surface area contributed by atoms with Gasteiger partial charge in [0, 0.05) is 27.8 Å². The summed E-state index contributed by atoms with van der Waals surface area (Å²) in [4.78, 5) is 0. The fraction of sp³-hybridized carbons (Fsp3) is 0.217. The smallest absolute Gasteiger partial charge is 0.175 e. The summed E-state index contributed by atoms with van der Waals surface area (Å²) in [5.41, 5.74) is 2.61. The first kappa shape index (κ1) is 23.9. The Hall–Kier alpha value is -1.79. The normalized spacial score (nSPS) is 10.6. The molecule has 1 N–H and O–H groups in total. The molecular weight excluding hydrogens is 525 g/mol. The minimum atomic E-state index is 0.221. The van der Waals surface area contributed by atoms with Crippen molar-refractivity contribution in [1.29, 1.82) is 0 Å². The number of halogens is 4. The van der Waals surface area contributed by atoms with E-state index in [0.29, 0.717) is 45.5 Å². The molecule has 0 saturated heterocycles. The molecule has 3 aromatic rings. The topological polar surface area (TPSA) is 39.7 Å². The van der Waals surface area contributed by atoms with Gasteiger partial charge in [0.2, 0.25) is 0 Å². The summed E-state index contributed by atoms with van der Waals surface area (Å²) < 4.78 is 17.8. The van der Waals surface area contributed by atoms with Crippen molar-refractivity contribution in [2.45, 2.75) is 20.1 Å². The highest BCUT2D eigenvalue weighted by Gasteiger charge is 2.15. The molecule has 0 aliphatic carbocycles. The maximum atomic E-state index is 6.26. The summed E-state index contributed by atoms with van der Waals surface area (Å²) >= 11 is 22.3. The van der Waals surface area contributed by atoms with Crippen molar-refractivity contribution in [1.82, 2.24) is 0 Å². The molecule has 4 nitrogen and oxygen atoms in total. The van der Waals surface area contributed by atoms with Gasteiger partial charge in [0.1, 0.15) is 12.4 Å². The van der Waals surface area contributed by atoms with Gasteiger partial charge in [-0.05, 0) is 70.9 Å².